The first kappa shape index (κ1) is 79.8. The van der Waals surface area contributed by atoms with E-state index in [-0.39, 0.29) is 67.1 Å². The highest BCUT2D eigenvalue weighted by molar-refractivity contribution is 7.80. The van der Waals surface area contributed by atoms with E-state index in [1.165, 1.54) is 104 Å². The number of para-hydroxylation sites is 1. The van der Waals surface area contributed by atoms with Crippen molar-refractivity contribution >= 4 is 33.9 Å². The molecule has 90 heavy (non-hydrogen) atoms. The van der Waals surface area contributed by atoms with Crippen LogP contribution in [0.5, 0.6) is 17.2 Å². The van der Waals surface area contributed by atoms with Crippen molar-refractivity contribution in [1.82, 2.24) is 4.90 Å². The average Bonchev–Trinajstić information content (AvgIpc) is 0.801. The number of nitrogens with zero attached hydrogens (tertiary/aromatic N) is 1. The highest BCUT2D eigenvalue weighted by atomic mass is 32.3. The molecule has 24 heteroatoms. The molecule has 2 aromatic carbocycles. The van der Waals surface area contributed by atoms with Gasteiger partial charge in [0.25, 0.3) is 0 Å². The molecule has 0 radical (unpaired) electrons. The monoisotopic (exact) mass is 1300 g/mol. The van der Waals surface area contributed by atoms with Crippen molar-refractivity contribution < 1.29 is 105 Å². The topological polar surface area (TPSA) is 330 Å². The number of benzene rings is 2. The average molecular weight is 1300 g/mol. The number of rotatable bonds is 24. The number of ether oxygens (including phenoxy) is 8. The number of carbonyl (C=O) groups excluding carboxylic acids is 4. The predicted octanol–water partition coefficient (Wildman–Crippen LogP) is 8.81. The molecule has 5 rings (SSSR count). The van der Waals surface area contributed by atoms with E-state index in [1.54, 1.807) is 66.7 Å². The first-order chi connectivity index (χ1) is 42.0. The van der Waals surface area contributed by atoms with Crippen LogP contribution in [-0.2, 0) is 62.1 Å². The minimum absolute atomic E-state index is 0.0760. The Bertz CT molecular complexity index is 2640. The third-order valence-corrected chi connectivity index (χ3v) is 18.1. The third-order valence-electron chi connectivity index (χ3n) is 17.7. The Morgan fingerprint density at radius 3 is 1.87 bits per heavy atom. The zero-order chi connectivity index (χ0) is 68.1. The van der Waals surface area contributed by atoms with E-state index in [2.05, 4.69) is 11.1 Å². The largest absolute Gasteiger partial charge is 0.507 e. The number of carbonyl (C=O) groups is 4. The summed E-state index contributed by atoms with van der Waals surface area (Å²) in [6, 6.07) is 10.3. The van der Waals surface area contributed by atoms with Crippen LogP contribution in [0.3, 0.4) is 0 Å². The van der Waals surface area contributed by atoms with Crippen LogP contribution < -0.4 is 4.74 Å². The first-order valence-corrected chi connectivity index (χ1v) is 33.3. The van der Waals surface area contributed by atoms with Gasteiger partial charge < -0.3 is 73.4 Å². The van der Waals surface area contributed by atoms with Crippen molar-refractivity contribution in [3.05, 3.63) is 53.6 Å². The number of hydrogen-bond acceptors (Lipinski definition) is 22. The van der Waals surface area contributed by atoms with E-state index >= 15 is 0 Å². The van der Waals surface area contributed by atoms with Crippen LogP contribution in [0.2, 0.25) is 0 Å². The van der Waals surface area contributed by atoms with E-state index in [9.17, 15) is 58.2 Å². The molecule has 0 bridgehead atoms. The maximum Gasteiger partial charge on any atom is 0.397 e. The molecule has 3 fully saturated rings. The van der Waals surface area contributed by atoms with E-state index in [1.807, 2.05) is 25.9 Å². The minimum atomic E-state index is -4.23. The van der Waals surface area contributed by atoms with Crippen LogP contribution in [0.25, 0.3) is 0 Å². The number of likely N-dealkylation sites (N-methyl/N-ethyl adjacent to an activating group) is 1. The number of hydrogen-bond donors (Lipinski definition) is 7. The van der Waals surface area contributed by atoms with E-state index < -0.39 is 130 Å². The van der Waals surface area contributed by atoms with Gasteiger partial charge in [0.05, 0.1) is 78.5 Å². The van der Waals surface area contributed by atoms with Crippen LogP contribution in [0.1, 0.15) is 195 Å². The number of esters is 2. The Morgan fingerprint density at radius 2 is 1.33 bits per heavy atom. The lowest BCUT2D eigenvalue weighted by molar-refractivity contribution is -0.319. The Labute approximate surface area is 534 Å². The molecular weight excluding hydrogens is 1190 g/mol. The Hall–Kier alpha value is -4.41. The van der Waals surface area contributed by atoms with Crippen molar-refractivity contribution in [3.63, 3.8) is 0 Å². The fourth-order valence-corrected chi connectivity index (χ4v) is 12.5. The highest BCUT2D eigenvalue weighted by Gasteiger charge is 2.54. The van der Waals surface area contributed by atoms with E-state index in [0.29, 0.717) is 18.6 Å². The van der Waals surface area contributed by atoms with Crippen LogP contribution in [0.15, 0.2) is 42.5 Å². The SMILES string of the molecule is CCC(=O)OC1C(OC2C(C)C(OC3CC(C)(OC)C(O)C(C)O3)C(C)C(=O)OC(CC)C(C)(O)C(O)C(C)C(=O)C(C)CC2(C)O)OC(C)CC1N(C)C.CCCCCCCCCCCCOS(=O)(=O)O.COc1ccc(C(=O)c2ccccc2O)c(O)c1. The van der Waals surface area contributed by atoms with Crippen LogP contribution in [0.4, 0.5) is 0 Å². The number of phenolic OH excluding ortho intramolecular Hbond substituents is 2. The summed E-state index contributed by atoms with van der Waals surface area (Å²) in [5.41, 5.74) is -4.65. The van der Waals surface area contributed by atoms with Crippen LogP contribution >= 0.6 is 0 Å². The molecule has 3 heterocycles. The highest BCUT2D eigenvalue weighted by Crippen LogP contribution is 2.41. The van der Waals surface area contributed by atoms with Gasteiger partial charge in [0.15, 0.2) is 24.5 Å². The van der Waals surface area contributed by atoms with Crippen molar-refractivity contribution in [2.24, 2.45) is 23.7 Å². The van der Waals surface area contributed by atoms with Gasteiger partial charge >= 0.3 is 22.3 Å². The second kappa shape index (κ2) is 36.9. The lowest BCUT2D eigenvalue weighted by atomic mass is 9.74. The number of aromatic hydroxyl groups is 2. The Balaban J connectivity index is 0.000000486. The normalized spacial score (nSPS) is 32.9. The fraction of sp³-hybridized carbons (Fsp3) is 0.758. The number of ketones is 2. The molecule has 0 saturated carbocycles. The number of unbranched alkanes of at least 4 members (excludes halogenated alkanes) is 9. The summed E-state index contributed by atoms with van der Waals surface area (Å²) in [5, 5.41) is 65.9. The minimum Gasteiger partial charge on any atom is -0.507 e. The van der Waals surface area contributed by atoms with Crippen molar-refractivity contribution in [3.8, 4) is 17.2 Å². The number of methoxy groups -OCH3 is 2. The third kappa shape index (κ3) is 23.3. The number of aliphatic hydroxyl groups is 4. The van der Waals surface area contributed by atoms with Gasteiger partial charge in [-0.1, -0.05) is 111 Å². The Kier molecular flexibility index (Phi) is 32.7. The fourth-order valence-electron chi connectivity index (χ4n) is 12.2. The molecule has 23 nitrogen and oxygen atoms in total. The molecule has 0 aromatic heterocycles. The number of phenols is 2. The van der Waals surface area contributed by atoms with E-state index in [0.717, 1.165) is 12.8 Å². The predicted molar refractivity (Wildman–Crippen MR) is 336 cm³/mol. The summed E-state index contributed by atoms with van der Waals surface area (Å²) >= 11 is 0. The summed E-state index contributed by atoms with van der Waals surface area (Å²) in [6.45, 7) is 20.3. The van der Waals surface area contributed by atoms with Gasteiger partial charge in [0.2, 0.25) is 0 Å². The molecular formula is C66H109NO22S. The maximum atomic E-state index is 14.2. The number of cyclic esters (lactones) is 1. The van der Waals surface area contributed by atoms with Crippen molar-refractivity contribution in [2.75, 3.05) is 34.9 Å². The Morgan fingerprint density at radius 1 is 0.744 bits per heavy atom. The standard InChI is InChI=1S/C40H71NO14.C14H12O4.C12H26O4S/c1-15-27-40(11,48)33(44)22(5)30(43)20(3)18-38(9,47)35(55-37-32(53-28(42)16-2)26(41(12)13)17-21(4)50-37)23(6)31(24(7)36(46)52-27)54-29-19-39(10,49-14)34(45)25(8)51-29;1-18-9-6-7-11(13(16)8-9)14(17)10-4-2-3-5-12(10)15;1-2-3-4-5-6-7-8-9-10-11-12-16-17(13,14)15/h20-27,29,31-35,37,44-45,47-48H,15-19H2,1-14H3;2-8,15-16H,1H3;2-12H2,1H3,(H,13,14,15). The smallest absolute Gasteiger partial charge is 0.397 e. The second-order valence-electron chi connectivity index (χ2n) is 25.5. The molecule has 2 aromatic rings. The zero-order valence-electron chi connectivity index (χ0n) is 56.1. The summed E-state index contributed by atoms with van der Waals surface area (Å²) in [6.07, 6.45) is 2.17. The summed E-state index contributed by atoms with van der Waals surface area (Å²) in [7, 11) is 2.44. The zero-order valence-corrected chi connectivity index (χ0v) is 56.9. The number of Topliss-reactive ketones (excluding diaryl/α,β-unsaturated/α-hetero) is 1. The summed E-state index contributed by atoms with van der Waals surface area (Å²) < 4.78 is 81.5. The molecule has 3 aliphatic rings. The van der Waals surface area contributed by atoms with Gasteiger partial charge in [0, 0.05) is 43.8 Å². The van der Waals surface area contributed by atoms with Gasteiger partial charge in [0.1, 0.15) is 40.8 Å². The molecule has 18 unspecified atom stereocenters. The van der Waals surface area contributed by atoms with Gasteiger partial charge in [-0.3, -0.25) is 23.7 Å². The van der Waals surface area contributed by atoms with Gasteiger partial charge in [-0.15, -0.1) is 0 Å². The van der Waals surface area contributed by atoms with Crippen molar-refractivity contribution in [2.45, 2.75) is 264 Å². The summed E-state index contributed by atoms with van der Waals surface area (Å²) in [5.74, 6) is -5.86. The first-order valence-electron chi connectivity index (χ1n) is 31.9. The molecule has 0 spiro atoms. The van der Waals surface area contributed by atoms with Gasteiger partial charge in [-0.25, -0.2) is 4.18 Å². The molecule has 3 aliphatic heterocycles. The van der Waals surface area contributed by atoms with Crippen LogP contribution in [-0.4, -0.2) is 191 Å². The summed E-state index contributed by atoms with van der Waals surface area (Å²) in [4.78, 5) is 55.0. The second-order valence-corrected chi connectivity index (χ2v) is 26.5. The van der Waals surface area contributed by atoms with Crippen LogP contribution in [0, 0.1) is 23.7 Å². The van der Waals surface area contributed by atoms with Gasteiger partial charge in [-0.2, -0.15) is 8.42 Å². The van der Waals surface area contributed by atoms with E-state index in [4.69, 9.17) is 42.4 Å². The lowest BCUT2D eigenvalue weighted by Crippen LogP contribution is -2.61. The van der Waals surface area contributed by atoms with Gasteiger partial charge in [-0.05, 0) is 106 Å². The molecule has 3 saturated heterocycles. The molecule has 18 atom stereocenters. The molecule has 7 N–H and O–H groups in total. The molecule has 0 amide bonds. The lowest BCUT2D eigenvalue weighted by Gasteiger charge is -2.49. The maximum absolute atomic E-state index is 14.2. The number of aliphatic hydroxyl groups excluding tert-OH is 2. The molecule has 516 valence electrons. The molecule has 0 aliphatic carbocycles. The van der Waals surface area contributed by atoms with Crippen molar-refractivity contribution in [1.29, 1.82) is 0 Å². The quantitative estimate of drug-likeness (QED) is 0.0223.